The first kappa shape index (κ1) is 13.1. The van der Waals surface area contributed by atoms with Crippen LogP contribution in [0.5, 0.6) is 0 Å². The van der Waals surface area contributed by atoms with Crippen molar-refractivity contribution in [2.45, 2.75) is 17.9 Å². The first-order valence-corrected chi connectivity index (χ1v) is 6.12. The average Bonchev–Trinajstić information content (AvgIpc) is 2.36. The molecule has 6 nitrogen and oxygen atoms in total. The van der Waals surface area contributed by atoms with Crippen LogP contribution in [0.4, 0.5) is 0 Å². The highest BCUT2D eigenvalue weighted by Gasteiger charge is 2.28. The Hall–Kier alpha value is -1.96. The van der Waals surface area contributed by atoms with Crippen molar-refractivity contribution in [2.24, 2.45) is 0 Å². The van der Waals surface area contributed by atoms with Gasteiger partial charge in [-0.15, -0.1) is 0 Å². The summed E-state index contributed by atoms with van der Waals surface area (Å²) in [6.45, 7) is 1.46. The van der Waals surface area contributed by atoms with Gasteiger partial charge < -0.3 is 0 Å². The van der Waals surface area contributed by atoms with Crippen molar-refractivity contribution >= 4 is 10.0 Å². The van der Waals surface area contributed by atoms with E-state index in [4.69, 9.17) is 10.5 Å². The molecule has 0 aromatic carbocycles. The monoisotopic (exact) mass is 250 g/mol. The standard InChI is InChI=1S/C10H10N4O2S/c1-8(6-11)14(2)17(15,16)10-4-3-5-13-9(10)7-12/h3-5,8H,1-2H3. The second kappa shape index (κ2) is 4.91. The molecule has 0 saturated heterocycles. The highest BCUT2D eigenvalue weighted by Crippen LogP contribution is 2.18. The average molecular weight is 250 g/mol. The maximum Gasteiger partial charge on any atom is 0.246 e. The molecule has 0 aliphatic rings. The van der Waals surface area contributed by atoms with Crippen LogP contribution >= 0.6 is 0 Å². The Morgan fingerprint density at radius 2 is 2.12 bits per heavy atom. The number of sulfonamides is 1. The van der Waals surface area contributed by atoms with Crippen molar-refractivity contribution < 1.29 is 8.42 Å². The highest BCUT2D eigenvalue weighted by atomic mass is 32.2. The van der Waals surface area contributed by atoms with Gasteiger partial charge in [0.2, 0.25) is 10.0 Å². The van der Waals surface area contributed by atoms with Gasteiger partial charge in [0.05, 0.1) is 6.07 Å². The Morgan fingerprint density at radius 1 is 1.47 bits per heavy atom. The van der Waals surface area contributed by atoms with E-state index in [1.54, 1.807) is 6.07 Å². The van der Waals surface area contributed by atoms with E-state index < -0.39 is 16.1 Å². The molecule has 1 aromatic heterocycles. The van der Waals surface area contributed by atoms with Gasteiger partial charge in [0, 0.05) is 13.2 Å². The fraction of sp³-hybridized carbons (Fsp3) is 0.300. The van der Waals surface area contributed by atoms with Crippen molar-refractivity contribution in [3.8, 4) is 12.1 Å². The maximum absolute atomic E-state index is 12.1. The van der Waals surface area contributed by atoms with Gasteiger partial charge >= 0.3 is 0 Å². The maximum atomic E-state index is 12.1. The number of aromatic nitrogens is 1. The van der Waals surface area contributed by atoms with E-state index in [9.17, 15) is 8.42 Å². The number of nitrogens with zero attached hydrogens (tertiary/aromatic N) is 4. The van der Waals surface area contributed by atoms with Gasteiger partial charge in [-0.3, -0.25) is 0 Å². The predicted octanol–water partition coefficient (Wildman–Crippen LogP) is 0.486. The van der Waals surface area contributed by atoms with Crippen LogP contribution < -0.4 is 0 Å². The first-order chi connectivity index (χ1) is 7.95. The number of hydrogen-bond donors (Lipinski definition) is 0. The molecule has 88 valence electrons. The third kappa shape index (κ3) is 2.41. The quantitative estimate of drug-likeness (QED) is 0.777. The topological polar surface area (TPSA) is 97.8 Å². The summed E-state index contributed by atoms with van der Waals surface area (Å²) < 4.78 is 25.1. The zero-order valence-electron chi connectivity index (χ0n) is 9.32. The largest absolute Gasteiger partial charge is 0.246 e. The van der Waals surface area contributed by atoms with Gasteiger partial charge in [-0.1, -0.05) is 0 Å². The van der Waals surface area contributed by atoms with Crippen molar-refractivity contribution in [1.29, 1.82) is 10.5 Å². The van der Waals surface area contributed by atoms with Crippen LogP contribution in [0.1, 0.15) is 12.6 Å². The van der Waals surface area contributed by atoms with E-state index >= 15 is 0 Å². The molecule has 0 spiro atoms. The van der Waals surface area contributed by atoms with Crippen LogP contribution in [0, 0.1) is 22.7 Å². The predicted molar refractivity (Wildman–Crippen MR) is 59.0 cm³/mol. The van der Waals surface area contributed by atoms with E-state index in [-0.39, 0.29) is 10.6 Å². The second-order valence-electron chi connectivity index (χ2n) is 3.29. The summed E-state index contributed by atoms with van der Waals surface area (Å²) in [7, 11) is -2.58. The fourth-order valence-corrected chi connectivity index (χ4v) is 2.49. The molecule has 0 fully saturated rings. The van der Waals surface area contributed by atoms with Crippen LogP contribution in [0.3, 0.4) is 0 Å². The number of pyridine rings is 1. The van der Waals surface area contributed by atoms with Gasteiger partial charge in [-0.25, -0.2) is 13.4 Å². The summed E-state index contributed by atoms with van der Waals surface area (Å²) in [4.78, 5) is 3.49. The molecule has 0 aliphatic heterocycles. The SMILES string of the molecule is CC(C#N)N(C)S(=O)(=O)c1cccnc1C#N. The molecular weight excluding hydrogens is 240 g/mol. The van der Waals surface area contributed by atoms with Crippen LogP contribution in [-0.2, 0) is 10.0 Å². The smallest absolute Gasteiger partial charge is 0.244 e. The number of nitriles is 2. The Bertz CT molecular complexity index is 597. The van der Waals surface area contributed by atoms with Gasteiger partial charge in [-0.2, -0.15) is 14.8 Å². The van der Waals surface area contributed by atoms with Crippen LogP contribution in [0.15, 0.2) is 23.2 Å². The Labute approximate surface area is 99.8 Å². The van der Waals surface area contributed by atoms with E-state index in [0.717, 1.165) is 4.31 Å². The van der Waals surface area contributed by atoms with Crippen LogP contribution in [0.25, 0.3) is 0 Å². The Balaban J connectivity index is 3.34. The summed E-state index contributed by atoms with van der Waals surface area (Å²) in [6, 6.07) is 5.44. The lowest BCUT2D eigenvalue weighted by Crippen LogP contribution is -2.34. The summed E-state index contributed by atoms with van der Waals surface area (Å²) in [5.41, 5.74) is -0.176. The molecule has 0 saturated carbocycles. The molecule has 0 bridgehead atoms. The van der Waals surface area contributed by atoms with E-state index in [1.165, 1.54) is 32.3 Å². The van der Waals surface area contributed by atoms with E-state index in [1.807, 2.05) is 6.07 Å². The lowest BCUT2D eigenvalue weighted by atomic mass is 10.4. The Kier molecular flexibility index (Phi) is 3.79. The molecule has 0 radical (unpaired) electrons. The lowest BCUT2D eigenvalue weighted by Gasteiger charge is -2.19. The number of rotatable bonds is 3. The highest BCUT2D eigenvalue weighted by molar-refractivity contribution is 7.89. The van der Waals surface area contributed by atoms with Crippen molar-refractivity contribution in [1.82, 2.24) is 9.29 Å². The van der Waals surface area contributed by atoms with Crippen molar-refractivity contribution in [2.75, 3.05) is 7.05 Å². The molecule has 1 aromatic rings. The third-order valence-corrected chi connectivity index (χ3v) is 4.23. The summed E-state index contributed by atoms with van der Waals surface area (Å²) >= 11 is 0. The molecule has 1 rings (SSSR count). The minimum Gasteiger partial charge on any atom is -0.244 e. The molecule has 1 unspecified atom stereocenters. The van der Waals surface area contributed by atoms with Gasteiger partial charge in [0.25, 0.3) is 0 Å². The van der Waals surface area contributed by atoms with Gasteiger partial charge in [0.15, 0.2) is 5.69 Å². The molecule has 1 heterocycles. The minimum atomic E-state index is -3.87. The summed E-state index contributed by atoms with van der Waals surface area (Å²) in [6.07, 6.45) is 1.34. The van der Waals surface area contributed by atoms with Crippen LogP contribution in [0.2, 0.25) is 0 Å². The summed E-state index contributed by atoms with van der Waals surface area (Å²) in [5.74, 6) is 0. The molecule has 0 aliphatic carbocycles. The minimum absolute atomic E-state index is 0.176. The first-order valence-electron chi connectivity index (χ1n) is 4.68. The fourth-order valence-electron chi connectivity index (χ4n) is 1.13. The normalized spacial score (nSPS) is 12.8. The van der Waals surface area contributed by atoms with E-state index in [0.29, 0.717) is 0 Å². The summed E-state index contributed by atoms with van der Waals surface area (Å²) in [5, 5.41) is 17.5. The van der Waals surface area contributed by atoms with Crippen LogP contribution in [-0.4, -0.2) is 30.8 Å². The Morgan fingerprint density at radius 3 is 2.65 bits per heavy atom. The molecule has 0 amide bonds. The molecule has 0 N–H and O–H groups in total. The van der Waals surface area contributed by atoms with E-state index in [2.05, 4.69) is 4.98 Å². The lowest BCUT2D eigenvalue weighted by molar-refractivity contribution is 0.441. The molecule has 17 heavy (non-hydrogen) atoms. The zero-order chi connectivity index (χ0) is 13.1. The number of hydrogen-bond acceptors (Lipinski definition) is 5. The van der Waals surface area contributed by atoms with Gasteiger partial charge in [0.1, 0.15) is 17.0 Å². The molecule has 1 atom stereocenters. The molecular formula is C10H10N4O2S. The zero-order valence-corrected chi connectivity index (χ0v) is 10.1. The second-order valence-corrected chi connectivity index (χ2v) is 5.25. The molecule has 7 heteroatoms. The van der Waals surface area contributed by atoms with Crippen molar-refractivity contribution in [3.63, 3.8) is 0 Å². The third-order valence-electron chi connectivity index (χ3n) is 2.27. The van der Waals surface area contributed by atoms with Gasteiger partial charge in [-0.05, 0) is 19.1 Å². The van der Waals surface area contributed by atoms with Crippen molar-refractivity contribution in [3.05, 3.63) is 24.0 Å².